The SMILES string of the molecule is CCOC(=O)CCCC(C)c1ccc(C(=O)OC(C)(C)C)cc1. The van der Waals surface area contributed by atoms with Crippen molar-refractivity contribution in [1.29, 1.82) is 0 Å². The van der Waals surface area contributed by atoms with Crippen LogP contribution in [0.1, 0.15) is 75.7 Å². The van der Waals surface area contributed by atoms with Gasteiger partial charge in [-0.2, -0.15) is 0 Å². The van der Waals surface area contributed by atoms with Crippen molar-refractivity contribution in [2.45, 2.75) is 65.4 Å². The van der Waals surface area contributed by atoms with Crippen LogP contribution in [-0.4, -0.2) is 24.1 Å². The molecule has 0 heterocycles. The number of hydrogen-bond donors (Lipinski definition) is 0. The summed E-state index contributed by atoms with van der Waals surface area (Å²) in [6, 6.07) is 7.50. The Balaban J connectivity index is 2.52. The summed E-state index contributed by atoms with van der Waals surface area (Å²) in [6.07, 6.45) is 2.16. The van der Waals surface area contributed by atoms with E-state index in [1.54, 1.807) is 12.1 Å². The second-order valence-electron chi connectivity index (χ2n) is 6.72. The lowest BCUT2D eigenvalue weighted by atomic mass is 9.94. The minimum Gasteiger partial charge on any atom is -0.466 e. The molecule has 0 aromatic heterocycles. The molecule has 0 radical (unpaired) electrons. The lowest BCUT2D eigenvalue weighted by molar-refractivity contribution is -0.143. The highest BCUT2D eigenvalue weighted by Crippen LogP contribution is 2.22. The van der Waals surface area contributed by atoms with E-state index in [-0.39, 0.29) is 11.9 Å². The third kappa shape index (κ3) is 7.31. The molecule has 0 saturated heterocycles. The number of esters is 2. The molecule has 0 fully saturated rings. The van der Waals surface area contributed by atoms with E-state index in [9.17, 15) is 9.59 Å². The molecule has 1 rings (SSSR count). The van der Waals surface area contributed by atoms with E-state index in [2.05, 4.69) is 6.92 Å². The summed E-state index contributed by atoms with van der Waals surface area (Å²) < 4.78 is 10.3. The Morgan fingerprint density at radius 2 is 1.74 bits per heavy atom. The van der Waals surface area contributed by atoms with Gasteiger partial charge in [-0.1, -0.05) is 19.1 Å². The molecule has 23 heavy (non-hydrogen) atoms. The molecule has 1 unspecified atom stereocenters. The summed E-state index contributed by atoms with van der Waals surface area (Å²) in [5.74, 6) is -0.115. The zero-order chi connectivity index (χ0) is 17.5. The molecule has 0 amide bonds. The van der Waals surface area contributed by atoms with Gasteiger partial charge in [0.1, 0.15) is 5.60 Å². The lowest BCUT2D eigenvalue weighted by Gasteiger charge is -2.19. The van der Waals surface area contributed by atoms with Crippen LogP contribution in [0.2, 0.25) is 0 Å². The third-order valence-corrected chi connectivity index (χ3v) is 3.44. The smallest absolute Gasteiger partial charge is 0.338 e. The fraction of sp³-hybridized carbons (Fsp3) is 0.579. The molecule has 0 spiro atoms. The molecule has 1 aromatic carbocycles. The van der Waals surface area contributed by atoms with E-state index in [4.69, 9.17) is 9.47 Å². The Morgan fingerprint density at radius 1 is 1.13 bits per heavy atom. The minimum atomic E-state index is -0.490. The van der Waals surface area contributed by atoms with Crippen LogP contribution < -0.4 is 0 Å². The van der Waals surface area contributed by atoms with Crippen molar-refractivity contribution in [3.63, 3.8) is 0 Å². The molecular weight excluding hydrogens is 292 g/mol. The first kappa shape index (κ1) is 19.2. The van der Waals surface area contributed by atoms with E-state index in [0.29, 0.717) is 24.5 Å². The van der Waals surface area contributed by atoms with Crippen LogP contribution in [0.4, 0.5) is 0 Å². The molecule has 1 aromatic rings. The van der Waals surface area contributed by atoms with Crippen molar-refractivity contribution < 1.29 is 19.1 Å². The molecular formula is C19H28O4. The van der Waals surface area contributed by atoms with Gasteiger partial charge in [-0.25, -0.2) is 4.79 Å². The molecule has 0 bridgehead atoms. The average Bonchev–Trinajstić information content (AvgIpc) is 2.46. The maximum atomic E-state index is 12.0. The van der Waals surface area contributed by atoms with Crippen LogP contribution in [0.15, 0.2) is 24.3 Å². The van der Waals surface area contributed by atoms with E-state index in [1.165, 1.54) is 0 Å². The predicted molar refractivity (Wildman–Crippen MR) is 90.5 cm³/mol. The predicted octanol–water partition coefficient (Wildman–Crippen LogP) is 4.48. The zero-order valence-corrected chi connectivity index (χ0v) is 14.8. The highest BCUT2D eigenvalue weighted by Gasteiger charge is 2.18. The largest absolute Gasteiger partial charge is 0.466 e. The summed E-state index contributed by atoms with van der Waals surface area (Å²) >= 11 is 0. The van der Waals surface area contributed by atoms with Crippen LogP contribution in [0.25, 0.3) is 0 Å². The molecule has 128 valence electrons. The summed E-state index contributed by atoms with van der Waals surface area (Å²) in [5, 5.41) is 0. The topological polar surface area (TPSA) is 52.6 Å². The Morgan fingerprint density at radius 3 is 2.26 bits per heavy atom. The number of carbonyl (C=O) groups is 2. The number of rotatable bonds is 7. The second kappa shape index (κ2) is 8.70. The summed E-state index contributed by atoms with van der Waals surface area (Å²) in [7, 11) is 0. The van der Waals surface area contributed by atoms with Crippen molar-refractivity contribution in [3.8, 4) is 0 Å². The maximum absolute atomic E-state index is 12.0. The average molecular weight is 320 g/mol. The molecule has 4 heteroatoms. The fourth-order valence-corrected chi connectivity index (χ4v) is 2.24. The van der Waals surface area contributed by atoms with E-state index in [0.717, 1.165) is 18.4 Å². The van der Waals surface area contributed by atoms with Gasteiger partial charge in [-0.3, -0.25) is 4.79 Å². The summed E-state index contributed by atoms with van der Waals surface area (Å²) in [6.45, 7) is 9.92. The monoisotopic (exact) mass is 320 g/mol. The first-order chi connectivity index (χ1) is 10.7. The Labute approximate surface area is 139 Å². The van der Waals surface area contributed by atoms with Crippen LogP contribution in [0, 0.1) is 0 Å². The van der Waals surface area contributed by atoms with Crippen LogP contribution in [-0.2, 0) is 14.3 Å². The highest BCUT2D eigenvalue weighted by atomic mass is 16.6. The lowest BCUT2D eigenvalue weighted by Crippen LogP contribution is -2.23. The Bertz CT molecular complexity index is 511. The van der Waals surface area contributed by atoms with E-state index in [1.807, 2.05) is 39.8 Å². The maximum Gasteiger partial charge on any atom is 0.338 e. The van der Waals surface area contributed by atoms with Gasteiger partial charge >= 0.3 is 11.9 Å². The van der Waals surface area contributed by atoms with Crippen LogP contribution >= 0.6 is 0 Å². The number of benzene rings is 1. The van der Waals surface area contributed by atoms with E-state index < -0.39 is 5.60 Å². The van der Waals surface area contributed by atoms with Crippen molar-refractivity contribution in [3.05, 3.63) is 35.4 Å². The van der Waals surface area contributed by atoms with Crippen molar-refractivity contribution >= 4 is 11.9 Å². The van der Waals surface area contributed by atoms with Crippen LogP contribution in [0.3, 0.4) is 0 Å². The summed E-state index contributed by atoms with van der Waals surface area (Å²) in [4.78, 5) is 23.3. The molecule has 0 aliphatic rings. The third-order valence-electron chi connectivity index (χ3n) is 3.44. The fourth-order valence-electron chi connectivity index (χ4n) is 2.24. The van der Waals surface area contributed by atoms with E-state index >= 15 is 0 Å². The van der Waals surface area contributed by atoms with Gasteiger partial charge in [0.05, 0.1) is 12.2 Å². The molecule has 0 N–H and O–H groups in total. The summed E-state index contributed by atoms with van der Waals surface area (Å²) in [5.41, 5.74) is 1.22. The standard InChI is InChI=1S/C19H28O4/c1-6-22-17(20)9-7-8-14(2)15-10-12-16(13-11-15)18(21)23-19(3,4)5/h10-14H,6-9H2,1-5H3. The van der Waals surface area contributed by atoms with Crippen molar-refractivity contribution in [1.82, 2.24) is 0 Å². The van der Waals surface area contributed by atoms with Crippen molar-refractivity contribution in [2.75, 3.05) is 6.61 Å². The van der Waals surface area contributed by atoms with Gasteiger partial charge in [-0.05, 0) is 64.2 Å². The van der Waals surface area contributed by atoms with Crippen LogP contribution in [0.5, 0.6) is 0 Å². The number of ether oxygens (including phenoxy) is 2. The molecule has 1 atom stereocenters. The number of hydrogen-bond acceptors (Lipinski definition) is 4. The van der Waals surface area contributed by atoms with Crippen molar-refractivity contribution in [2.24, 2.45) is 0 Å². The Hall–Kier alpha value is -1.84. The quantitative estimate of drug-likeness (QED) is 0.695. The van der Waals surface area contributed by atoms with Gasteiger partial charge < -0.3 is 9.47 Å². The first-order valence-corrected chi connectivity index (χ1v) is 8.22. The van der Waals surface area contributed by atoms with Gasteiger partial charge in [0.15, 0.2) is 0 Å². The highest BCUT2D eigenvalue weighted by molar-refractivity contribution is 5.89. The molecule has 0 saturated carbocycles. The van der Waals surface area contributed by atoms with Gasteiger partial charge in [0.25, 0.3) is 0 Å². The molecule has 4 nitrogen and oxygen atoms in total. The van der Waals surface area contributed by atoms with Gasteiger partial charge in [0, 0.05) is 6.42 Å². The normalized spacial score (nSPS) is 12.6. The molecule has 0 aliphatic heterocycles. The Kier molecular flexibility index (Phi) is 7.27. The van der Waals surface area contributed by atoms with Gasteiger partial charge in [-0.15, -0.1) is 0 Å². The second-order valence-corrected chi connectivity index (χ2v) is 6.72. The molecule has 0 aliphatic carbocycles. The first-order valence-electron chi connectivity index (χ1n) is 8.22. The minimum absolute atomic E-state index is 0.139. The zero-order valence-electron chi connectivity index (χ0n) is 14.8. The van der Waals surface area contributed by atoms with Gasteiger partial charge in [0.2, 0.25) is 0 Å². The number of carbonyl (C=O) groups excluding carboxylic acids is 2.